The Bertz CT molecular complexity index is 510. The van der Waals surface area contributed by atoms with Crippen LogP contribution in [0.25, 0.3) is 0 Å². The zero-order chi connectivity index (χ0) is 15.1. The van der Waals surface area contributed by atoms with Crippen LogP contribution in [-0.4, -0.2) is 29.1 Å². The van der Waals surface area contributed by atoms with Crippen LogP contribution in [0.4, 0.5) is 0 Å². The van der Waals surface area contributed by atoms with E-state index in [1.165, 1.54) is 0 Å². The van der Waals surface area contributed by atoms with Gasteiger partial charge in [-0.3, -0.25) is 9.88 Å². The molecule has 0 radical (unpaired) electrons. The smallest absolute Gasteiger partial charge is 0.122 e. The summed E-state index contributed by atoms with van der Waals surface area (Å²) in [5.41, 5.74) is 1.03. The third kappa shape index (κ3) is 4.05. The van der Waals surface area contributed by atoms with Crippen LogP contribution in [-0.2, 0) is 6.54 Å². The third-order valence-electron chi connectivity index (χ3n) is 3.88. The predicted molar refractivity (Wildman–Crippen MR) is 87.3 cm³/mol. The Hall–Kier alpha value is -1.87. The summed E-state index contributed by atoms with van der Waals surface area (Å²) in [5.74, 6) is 0.855. The minimum Gasteiger partial charge on any atom is -0.497 e. The summed E-state index contributed by atoms with van der Waals surface area (Å²) in [7, 11) is 1.68. The zero-order valence-corrected chi connectivity index (χ0v) is 12.7. The quantitative estimate of drug-likeness (QED) is 0.713. The van der Waals surface area contributed by atoms with Gasteiger partial charge in [0.05, 0.1) is 12.8 Å². The highest BCUT2D eigenvalue weighted by atomic mass is 16.5. The summed E-state index contributed by atoms with van der Waals surface area (Å²) in [6.45, 7) is 8.58. The molecule has 2 heterocycles. The third-order valence-corrected chi connectivity index (χ3v) is 3.88. The minimum absolute atomic E-state index is 0.384. The Balaban J connectivity index is 2.19. The van der Waals surface area contributed by atoms with E-state index in [1.54, 1.807) is 13.3 Å². The highest BCUT2D eigenvalue weighted by Gasteiger charge is 2.26. The van der Waals surface area contributed by atoms with Gasteiger partial charge in [-0.05, 0) is 25.3 Å². The number of aromatic nitrogens is 1. The van der Waals surface area contributed by atoms with E-state index in [2.05, 4.69) is 35.2 Å². The molecule has 1 aliphatic rings. The van der Waals surface area contributed by atoms with E-state index in [1.807, 2.05) is 24.3 Å². The van der Waals surface area contributed by atoms with Crippen molar-refractivity contribution in [1.29, 1.82) is 0 Å². The molecule has 0 amide bonds. The van der Waals surface area contributed by atoms with E-state index in [0.717, 1.165) is 37.3 Å². The molecule has 0 saturated carbocycles. The van der Waals surface area contributed by atoms with E-state index < -0.39 is 0 Å². The number of methoxy groups -OCH3 is 1. The van der Waals surface area contributed by atoms with E-state index in [9.17, 15) is 0 Å². The Morgan fingerprint density at radius 2 is 2.19 bits per heavy atom. The monoisotopic (exact) mass is 284 g/mol. The Morgan fingerprint density at radius 3 is 2.90 bits per heavy atom. The van der Waals surface area contributed by atoms with Crippen molar-refractivity contribution >= 4 is 0 Å². The van der Waals surface area contributed by atoms with Gasteiger partial charge in [0.2, 0.25) is 0 Å². The fourth-order valence-corrected chi connectivity index (χ4v) is 2.82. The Kier molecular flexibility index (Phi) is 5.76. The van der Waals surface area contributed by atoms with Crippen LogP contribution in [0.5, 0.6) is 5.75 Å². The van der Waals surface area contributed by atoms with Crippen LogP contribution < -0.4 is 4.74 Å². The van der Waals surface area contributed by atoms with Gasteiger partial charge in [-0.15, -0.1) is 13.2 Å². The molecule has 0 aromatic carbocycles. The summed E-state index contributed by atoms with van der Waals surface area (Å²) in [6.07, 6.45) is 13.3. The molecule has 3 nitrogen and oxygen atoms in total. The van der Waals surface area contributed by atoms with Crippen molar-refractivity contribution < 1.29 is 4.74 Å². The van der Waals surface area contributed by atoms with Crippen molar-refractivity contribution in [1.82, 2.24) is 9.88 Å². The van der Waals surface area contributed by atoms with Crippen LogP contribution in [0.15, 0.2) is 55.8 Å². The van der Waals surface area contributed by atoms with Gasteiger partial charge in [0, 0.05) is 30.9 Å². The molecule has 0 bridgehead atoms. The molecule has 0 spiro atoms. The molecule has 0 saturated heterocycles. The molecule has 21 heavy (non-hydrogen) atoms. The van der Waals surface area contributed by atoms with Gasteiger partial charge in [0.15, 0.2) is 0 Å². The van der Waals surface area contributed by atoms with Crippen LogP contribution in [0.2, 0.25) is 0 Å². The average Bonchev–Trinajstić information content (AvgIpc) is 2.51. The van der Waals surface area contributed by atoms with Crippen LogP contribution in [0, 0.1) is 0 Å². The first-order valence-corrected chi connectivity index (χ1v) is 7.41. The lowest BCUT2D eigenvalue weighted by Gasteiger charge is -2.38. The highest BCUT2D eigenvalue weighted by molar-refractivity contribution is 5.23. The SMILES string of the molecule is C=CC[C@@H]1CC=C[C@@H](CC=C)N1Cc1cc(OC)ccn1. The summed E-state index contributed by atoms with van der Waals surface area (Å²) >= 11 is 0. The molecule has 0 unspecified atom stereocenters. The van der Waals surface area contributed by atoms with Gasteiger partial charge >= 0.3 is 0 Å². The number of nitrogens with zero attached hydrogens (tertiary/aromatic N) is 2. The van der Waals surface area contributed by atoms with Gasteiger partial charge in [0.25, 0.3) is 0 Å². The Labute approximate surface area is 127 Å². The number of hydrogen-bond acceptors (Lipinski definition) is 3. The lowest BCUT2D eigenvalue weighted by Crippen LogP contribution is -2.43. The molecular formula is C18H24N2O. The number of rotatable bonds is 7. The van der Waals surface area contributed by atoms with Gasteiger partial charge in [-0.1, -0.05) is 24.3 Å². The van der Waals surface area contributed by atoms with E-state index in [4.69, 9.17) is 4.74 Å². The molecule has 112 valence electrons. The van der Waals surface area contributed by atoms with Crippen LogP contribution in [0.1, 0.15) is 25.0 Å². The Morgan fingerprint density at radius 1 is 1.38 bits per heavy atom. The normalized spacial score (nSPS) is 22.0. The first-order valence-electron chi connectivity index (χ1n) is 7.41. The van der Waals surface area contributed by atoms with Crippen molar-refractivity contribution in [3.05, 3.63) is 61.5 Å². The first-order chi connectivity index (χ1) is 10.3. The molecule has 1 aromatic heterocycles. The highest BCUT2D eigenvalue weighted by Crippen LogP contribution is 2.25. The lowest BCUT2D eigenvalue weighted by atomic mass is 9.97. The van der Waals surface area contributed by atoms with Crippen molar-refractivity contribution in [3.8, 4) is 5.75 Å². The van der Waals surface area contributed by atoms with Crippen LogP contribution >= 0.6 is 0 Å². The maximum atomic E-state index is 5.29. The van der Waals surface area contributed by atoms with Gasteiger partial charge in [0.1, 0.15) is 5.75 Å². The predicted octanol–water partition coefficient (Wildman–Crippen LogP) is 3.74. The maximum absolute atomic E-state index is 5.29. The van der Waals surface area contributed by atoms with E-state index in [-0.39, 0.29) is 0 Å². The second-order valence-electron chi connectivity index (χ2n) is 5.29. The fraction of sp³-hybridized carbons (Fsp3) is 0.389. The largest absolute Gasteiger partial charge is 0.497 e. The molecule has 0 aliphatic carbocycles. The summed E-state index contributed by atoms with van der Waals surface area (Å²) in [4.78, 5) is 6.96. The van der Waals surface area contributed by atoms with Gasteiger partial charge in [-0.25, -0.2) is 0 Å². The number of pyridine rings is 1. The van der Waals surface area contributed by atoms with Crippen LogP contribution in [0.3, 0.4) is 0 Å². The summed E-state index contributed by atoms with van der Waals surface area (Å²) in [6, 6.07) is 4.75. The summed E-state index contributed by atoms with van der Waals surface area (Å²) < 4.78 is 5.29. The molecule has 0 fully saturated rings. The molecule has 3 heteroatoms. The van der Waals surface area contributed by atoms with Crippen molar-refractivity contribution in [3.63, 3.8) is 0 Å². The number of ether oxygens (including phenoxy) is 1. The standard InChI is InChI=1S/C18H24N2O/c1-4-7-16-9-6-10-17(8-5-2)20(16)14-15-13-18(21-3)11-12-19-15/h4-6,9,11-13,16-17H,1-2,7-8,10,14H2,3H3/t16-,17-/m1/s1. The molecule has 0 N–H and O–H groups in total. The fourth-order valence-electron chi connectivity index (χ4n) is 2.82. The second-order valence-corrected chi connectivity index (χ2v) is 5.29. The van der Waals surface area contributed by atoms with Crippen molar-refractivity contribution in [2.24, 2.45) is 0 Å². The van der Waals surface area contributed by atoms with E-state index >= 15 is 0 Å². The van der Waals surface area contributed by atoms with Gasteiger partial charge in [-0.2, -0.15) is 0 Å². The second kappa shape index (κ2) is 7.79. The molecule has 1 aromatic rings. The molecular weight excluding hydrogens is 260 g/mol. The van der Waals surface area contributed by atoms with Gasteiger partial charge < -0.3 is 4.74 Å². The molecule has 2 atom stereocenters. The zero-order valence-electron chi connectivity index (χ0n) is 12.7. The first kappa shape index (κ1) is 15.5. The molecule has 1 aliphatic heterocycles. The maximum Gasteiger partial charge on any atom is 0.122 e. The minimum atomic E-state index is 0.384. The van der Waals surface area contributed by atoms with Crippen molar-refractivity contribution in [2.75, 3.05) is 7.11 Å². The van der Waals surface area contributed by atoms with E-state index in [0.29, 0.717) is 12.1 Å². The number of hydrogen-bond donors (Lipinski definition) is 0. The molecule has 2 rings (SSSR count). The summed E-state index contributed by atoms with van der Waals surface area (Å²) in [5, 5.41) is 0. The lowest BCUT2D eigenvalue weighted by molar-refractivity contribution is 0.140. The topological polar surface area (TPSA) is 25.4 Å². The van der Waals surface area contributed by atoms with Crippen molar-refractivity contribution in [2.45, 2.75) is 37.9 Å². The average molecular weight is 284 g/mol.